The number of nitrogens with two attached hydrogens (primary N) is 1. The molecule has 9 heteroatoms. The zero-order chi connectivity index (χ0) is 17.2. The Hall–Kier alpha value is -3.10. The van der Waals surface area contributed by atoms with Crippen LogP contribution in [-0.2, 0) is 25.7 Å². The first kappa shape index (κ1) is 18.0. The van der Waals surface area contributed by atoms with Gasteiger partial charge >= 0.3 is 12.1 Å². The number of carbonyl (C=O) groups excluding carboxylic acids is 3. The van der Waals surface area contributed by atoms with Gasteiger partial charge in [-0.1, -0.05) is 30.3 Å². The van der Waals surface area contributed by atoms with Crippen molar-refractivity contribution in [1.82, 2.24) is 10.6 Å². The number of carboxylic acids is 1. The van der Waals surface area contributed by atoms with Crippen molar-refractivity contribution in [2.45, 2.75) is 19.1 Å². The van der Waals surface area contributed by atoms with Crippen LogP contribution in [0.2, 0.25) is 0 Å². The Balaban J connectivity index is 2.32. The number of aliphatic carboxylic acids is 1. The maximum Gasteiger partial charge on any atom is 0.407 e. The summed E-state index contributed by atoms with van der Waals surface area (Å²) in [6.07, 6.45) is -1.37. The van der Waals surface area contributed by atoms with Gasteiger partial charge in [-0.05, 0) is 5.56 Å². The lowest BCUT2D eigenvalue weighted by Gasteiger charge is -2.13. The molecule has 0 radical (unpaired) electrons. The standard InChI is InChI=1S/C14H17N3O6/c15-11(18)6-10(13(20)21)17-12(19)7-16-14(22)23-8-9-4-2-1-3-5-9/h1-5,10H,6-8H2,(H2,15,18)(H,16,22)(H,17,19)(H,20,21). The summed E-state index contributed by atoms with van der Waals surface area (Å²) in [5.41, 5.74) is 5.66. The average molecular weight is 323 g/mol. The van der Waals surface area contributed by atoms with Crippen LogP contribution < -0.4 is 16.4 Å². The van der Waals surface area contributed by atoms with Crippen molar-refractivity contribution in [2.75, 3.05) is 6.54 Å². The van der Waals surface area contributed by atoms with Crippen molar-refractivity contribution in [2.24, 2.45) is 5.73 Å². The number of nitrogens with one attached hydrogen (secondary N) is 2. The number of primary amides is 1. The summed E-state index contributed by atoms with van der Waals surface area (Å²) < 4.78 is 4.87. The van der Waals surface area contributed by atoms with Crippen LogP contribution in [0.25, 0.3) is 0 Å². The fourth-order valence-corrected chi connectivity index (χ4v) is 1.57. The van der Waals surface area contributed by atoms with E-state index in [0.29, 0.717) is 0 Å². The molecule has 0 heterocycles. The zero-order valence-electron chi connectivity index (χ0n) is 12.2. The van der Waals surface area contributed by atoms with Gasteiger partial charge in [0.2, 0.25) is 11.8 Å². The predicted molar refractivity (Wildman–Crippen MR) is 78.0 cm³/mol. The summed E-state index contributed by atoms with van der Waals surface area (Å²) >= 11 is 0. The van der Waals surface area contributed by atoms with Gasteiger partial charge in [0, 0.05) is 0 Å². The molecule has 1 rings (SSSR count). The molecule has 0 bridgehead atoms. The molecule has 9 nitrogen and oxygen atoms in total. The van der Waals surface area contributed by atoms with Gasteiger partial charge in [-0.2, -0.15) is 0 Å². The minimum absolute atomic E-state index is 0.0354. The average Bonchev–Trinajstić information content (AvgIpc) is 2.50. The fourth-order valence-electron chi connectivity index (χ4n) is 1.57. The molecular weight excluding hydrogens is 306 g/mol. The highest BCUT2D eigenvalue weighted by Gasteiger charge is 2.22. The molecule has 0 saturated heterocycles. The van der Waals surface area contributed by atoms with Gasteiger partial charge in [0.15, 0.2) is 0 Å². The Morgan fingerprint density at radius 2 is 1.83 bits per heavy atom. The Bertz CT molecular complexity index is 575. The quantitative estimate of drug-likeness (QED) is 0.500. The topological polar surface area (TPSA) is 148 Å². The first-order chi connectivity index (χ1) is 10.9. The molecule has 0 aromatic heterocycles. The number of hydrogen-bond donors (Lipinski definition) is 4. The largest absolute Gasteiger partial charge is 0.480 e. The first-order valence-electron chi connectivity index (χ1n) is 6.63. The maximum absolute atomic E-state index is 11.5. The van der Waals surface area contributed by atoms with E-state index < -0.39 is 42.9 Å². The van der Waals surface area contributed by atoms with Crippen LogP contribution in [0.1, 0.15) is 12.0 Å². The predicted octanol–water partition coefficient (Wildman–Crippen LogP) is -0.642. The third kappa shape index (κ3) is 7.46. The summed E-state index contributed by atoms with van der Waals surface area (Å²) in [6.45, 7) is -0.454. The number of benzene rings is 1. The van der Waals surface area contributed by atoms with Crippen LogP contribution in [-0.4, -0.2) is 41.6 Å². The van der Waals surface area contributed by atoms with E-state index in [9.17, 15) is 19.2 Å². The Labute approximate surface area is 131 Å². The molecule has 23 heavy (non-hydrogen) atoms. The second-order valence-electron chi connectivity index (χ2n) is 4.54. The number of rotatable bonds is 8. The summed E-state index contributed by atoms with van der Waals surface area (Å²) in [7, 11) is 0. The smallest absolute Gasteiger partial charge is 0.407 e. The van der Waals surface area contributed by atoms with Crippen molar-refractivity contribution in [3.63, 3.8) is 0 Å². The van der Waals surface area contributed by atoms with Gasteiger partial charge in [0.25, 0.3) is 0 Å². The van der Waals surface area contributed by atoms with Crippen LogP contribution in [0.4, 0.5) is 4.79 Å². The third-order valence-corrected chi connectivity index (χ3v) is 2.64. The van der Waals surface area contributed by atoms with Crippen molar-refractivity contribution in [3.05, 3.63) is 35.9 Å². The van der Waals surface area contributed by atoms with Crippen LogP contribution in [0.3, 0.4) is 0 Å². The molecular formula is C14H17N3O6. The molecule has 0 aliphatic carbocycles. The molecule has 3 amide bonds. The van der Waals surface area contributed by atoms with Crippen LogP contribution >= 0.6 is 0 Å². The van der Waals surface area contributed by atoms with Crippen molar-refractivity contribution >= 4 is 23.9 Å². The van der Waals surface area contributed by atoms with E-state index in [1.807, 2.05) is 6.07 Å². The number of hydrogen-bond acceptors (Lipinski definition) is 5. The molecule has 0 fully saturated rings. The molecule has 124 valence electrons. The molecule has 1 aromatic rings. The monoisotopic (exact) mass is 323 g/mol. The van der Waals surface area contributed by atoms with Crippen LogP contribution in [0.15, 0.2) is 30.3 Å². The number of amides is 3. The van der Waals surface area contributed by atoms with E-state index in [0.717, 1.165) is 5.56 Å². The molecule has 0 spiro atoms. The summed E-state index contributed by atoms with van der Waals surface area (Å²) in [5, 5.41) is 13.1. The fraction of sp³-hybridized carbons (Fsp3) is 0.286. The van der Waals surface area contributed by atoms with Gasteiger partial charge < -0.3 is 26.2 Å². The number of ether oxygens (including phenoxy) is 1. The number of carbonyl (C=O) groups is 4. The van der Waals surface area contributed by atoms with Gasteiger partial charge in [0.1, 0.15) is 19.2 Å². The molecule has 0 aliphatic heterocycles. The second-order valence-corrected chi connectivity index (χ2v) is 4.54. The maximum atomic E-state index is 11.5. The molecule has 0 saturated carbocycles. The number of alkyl carbamates (subject to hydrolysis) is 1. The Morgan fingerprint density at radius 3 is 2.39 bits per heavy atom. The minimum atomic E-state index is -1.44. The van der Waals surface area contributed by atoms with E-state index in [1.165, 1.54) is 0 Å². The lowest BCUT2D eigenvalue weighted by atomic mass is 10.2. The highest BCUT2D eigenvalue weighted by atomic mass is 16.5. The van der Waals surface area contributed by atoms with Crippen molar-refractivity contribution in [3.8, 4) is 0 Å². The van der Waals surface area contributed by atoms with E-state index in [-0.39, 0.29) is 6.61 Å². The van der Waals surface area contributed by atoms with E-state index in [4.69, 9.17) is 15.6 Å². The first-order valence-corrected chi connectivity index (χ1v) is 6.63. The van der Waals surface area contributed by atoms with Crippen LogP contribution in [0.5, 0.6) is 0 Å². The van der Waals surface area contributed by atoms with Crippen molar-refractivity contribution < 1.29 is 29.0 Å². The van der Waals surface area contributed by atoms with Crippen LogP contribution in [0, 0.1) is 0 Å². The van der Waals surface area contributed by atoms with E-state index in [2.05, 4.69) is 10.6 Å². The zero-order valence-corrected chi connectivity index (χ0v) is 12.2. The molecule has 5 N–H and O–H groups in total. The van der Waals surface area contributed by atoms with E-state index >= 15 is 0 Å². The Kier molecular flexibility index (Phi) is 7.05. The van der Waals surface area contributed by atoms with Crippen molar-refractivity contribution in [1.29, 1.82) is 0 Å². The lowest BCUT2D eigenvalue weighted by Crippen LogP contribution is -2.47. The SMILES string of the molecule is NC(=O)CC(NC(=O)CNC(=O)OCc1ccccc1)C(=O)O. The summed E-state index contributed by atoms with van der Waals surface area (Å²) in [4.78, 5) is 44.5. The highest BCUT2D eigenvalue weighted by molar-refractivity contribution is 5.89. The lowest BCUT2D eigenvalue weighted by molar-refractivity contribution is -0.143. The normalized spacial score (nSPS) is 11.1. The number of carboxylic acid groups (broad SMARTS) is 1. The third-order valence-electron chi connectivity index (χ3n) is 2.64. The second kappa shape index (κ2) is 9.03. The van der Waals surface area contributed by atoms with E-state index in [1.54, 1.807) is 24.3 Å². The van der Waals surface area contributed by atoms with Gasteiger partial charge in [-0.15, -0.1) is 0 Å². The minimum Gasteiger partial charge on any atom is -0.480 e. The molecule has 1 aromatic carbocycles. The van der Waals surface area contributed by atoms with Gasteiger partial charge in [-0.3, -0.25) is 9.59 Å². The molecule has 1 unspecified atom stereocenters. The molecule has 0 aliphatic rings. The molecule has 1 atom stereocenters. The van der Waals surface area contributed by atoms with Gasteiger partial charge in [-0.25, -0.2) is 9.59 Å². The Morgan fingerprint density at radius 1 is 1.17 bits per heavy atom. The van der Waals surface area contributed by atoms with Gasteiger partial charge in [0.05, 0.1) is 6.42 Å². The summed E-state index contributed by atoms with van der Waals surface area (Å²) in [6, 6.07) is 7.48. The highest BCUT2D eigenvalue weighted by Crippen LogP contribution is 2.00. The summed E-state index contributed by atoms with van der Waals surface area (Å²) in [5.74, 6) is -3.05.